The van der Waals surface area contributed by atoms with E-state index in [1.165, 1.54) is 9.13 Å². The van der Waals surface area contributed by atoms with Crippen molar-refractivity contribution in [1.82, 2.24) is 0 Å². The Morgan fingerprint density at radius 3 is 2.41 bits per heavy atom. The lowest BCUT2D eigenvalue weighted by Gasteiger charge is -2.07. The minimum atomic E-state index is -0.911. The summed E-state index contributed by atoms with van der Waals surface area (Å²) in [5, 5.41) is 8.69. The number of benzene rings is 1. The molecule has 0 saturated heterocycles. The summed E-state index contributed by atoms with van der Waals surface area (Å²) in [4.78, 5) is 11.7. The molecule has 0 heterocycles. The van der Waals surface area contributed by atoms with Gasteiger partial charge >= 0.3 is 5.97 Å². The van der Waals surface area contributed by atoms with Gasteiger partial charge in [-0.1, -0.05) is 37.2 Å². The highest BCUT2D eigenvalue weighted by Crippen LogP contribution is 2.12. The summed E-state index contributed by atoms with van der Waals surface area (Å²) in [6.45, 7) is 0. The van der Waals surface area contributed by atoms with Gasteiger partial charge in [-0.25, -0.2) is 0 Å². The largest absolute Gasteiger partial charge is 0.480 e. The van der Waals surface area contributed by atoms with Crippen molar-refractivity contribution in [2.24, 2.45) is 5.73 Å². The zero-order valence-electron chi connectivity index (χ0n) is 12.8. The number of rotatable bonds is 11. The lowest BCUT2D eigenvalue weighted by atomic mass is 10.0. The molecular weight excluding hydrogens is 409 g/mol. The maximum Gasteiger partial charge on any atom is 0.320 e. The average molecular weight is 433 g/mol. The molecule has 0 aromatic heterocycles. The number of unbranched alkanes of at least 4 members (excludes halogenated alkanes) is 2. The Morgan fingerprint density at radius 2 is 1.77 bits per heavy atom. The highest BCUT2D eigenvalue weighted by molar-refractivity contribution is 14.1. The zero-order chi connectivity index (χ0) is 16.4. The molecule has 1 rings (SSSR count). The van der Waals surface area contributed by atoms with E-state index in [1.807, 2.05) is 0 Å². The van der Waals surface area contributed by atoms with Crippen LogP contribution in [0.3, 0.4) is 0 Å². The van der Waals surface area contributed by atoms with Gasteiger partial charge in [0.15, 0.2) is 0 Å². The summed E-state index contributed by atoms with van der Waals surface area (Å²) in [5.41, 5.74) is 6.83. The summed E-state index contributed by atoms with van der Waals surface area (Å²) in [5.74, 6) is -0.911. The second-order valence-electron chi connectivity index (χ2n) is 5.56. The second-order valence-corrected chi connectivity index (χ2v) is 7.39. The molecule has 1 aromatic carbocycles. The Labute approximate surface area is 151 Å². The summed E-state index contributed by atoms with van der Waals surface area (Å²) in [6.07, 6.45) is 7.58. The van der Waals surface area contributed by atoms with Crippen LogP contribution < -0.4 is 5.73 Å². The van der Waals surface area contributed by atoms with Crippen molar-refractivity contribution in [2.75, 3.05) is 0 Å². The fourth-order valence-corrected chi connectivity index (χ4v) is 2.90. The molecule has 0 bridgehead atoms. The monoisotopic (exact) mass is 433 g/mol. The van der Waals surface area contributed by atoms with Crippen molar-refractivity contribution in [1.29, 1.82) is 0 Å². The van der Waals surface area contributed by atoms with Crippen LogP contribution in [0.25, 0.3) is 0 Å². The maximum atomic E-state index is 10.6. The van der Waals surface area contributed by atoms with Crippen LogP contribution in [0, 0.1) is 3.57 Å². The third kappa shape index (κ3) is 8.80. The van der Waals surface area contributed by atoms with E-state index in [0.29, 0.717) is 6.42 Å². The van der Waals surface area contributed by atoms with Crippen LogP contribution >= 0.6 is 34.8 Å². The van der Waals surface area contributed by atoms with E-state index in [9.17, 15) is 4.79 Å². The lowest BCUT2D eigenvalue weighted by molar-refractivity contribution is -0.138. The number of nitrogens with two attached hydrogens (primary N) is 1. The molecule has 0 spiro atoms. The second kappa shape index (κ2) is 11.1. The predicted octanol–water partition coefficient (Wildman–Crippen LogP) is 4.35. The smallest absolute Gasteiger partial charge is 0.320 e. The molecule has 0 aliphatic heterocycles. The van der Waals surface area contributed by atoms with Crippen molar-refractivity contribution in [3.63, 3.8) is 0 Å². The highest BCUT2D eigenvalue weighted by Gasteiger charge is 2.10. The molecular formula is C17H24INO2S. The van der Waals surface area contributed by atoms with Crippen molar-refractivity contribution < 1.29 is 9.90 Å². The van der Waals surface area contributed by atoms with Gasteiger partial charge in [-0.3, -0.25) is 4.79 Å². The fourth-order valence-electron chi connectivity index (χ4n) is 2.25. The molecule has 1 atom stereocenters. The molecule has 122 valence electrons. The standard InChI is InChI=1S/C17H24INO2S/c18-14-11-9-13(10-12-14)5-4-7-15(22)6-2-1-3-8-16(19)17(20)21/h9-12,16H,1-8,19H2,(H,20,21). The minimum absolute atomic E-state index is 0.550. The fraction of sp³-hybridized carbons (Fsp3) is 0.529. The van der Waals surface area contributed by atoms with Crippen LogP contribution in [-0.2, 0) is 11.2 Å². The molecule has 0 saturated carbocycles. The number of carbonyl (C=O) groups is 1. The van der Waals surface area contributed by atoms with Gasteiger partial charge in [0, 0.05) is 3.57 Å². The van der Waals surface area contributed by atoms with Gasteiger partial charge < -0.3 is 10.8 Å². The van der Waals surface area contributed by atoms with Crippen LogP contribution in [-0.4, -0.2) is 22.0 Å². The lowest BCUT2D eigenvalue weighted by Crippen LogP contribution is -2.29. The normalized spacial score (nSPS) is 12.1. The summed E-state index contributed by atoms with van der Waals surface area (Å²) < 4.78 is 1.26. The molecule has 1 aromatic rings. The number of hydrogen-bond acceptors (Lipinski definition) is 3. The Balaban J connectivity index is 2.04. The number of aryl methyl sites for hydroxylation is 1. The molecule has 3 N–H and O–H groups in total. The Hall–Kier alpha value is -0.530. The van der Waals surface area contributed by atoms with Crippen LogP contribution in [0.15, 0.2) is 24.3 Å². The van der Waals surface area contributed by atoms with Gasteiger partial charge in [0.25, 0.3) is 0 Å². The molecule has 5 heteroatoms. The van der Waals surface area contributed by atoms with Gasteiger partial charge in [0.05, 0.1) is 0 Å². The van der Waals surface area contributed by atoms with Crippen LogP contribution in [0.5, 0.6) is 0 Å². The zero-order valence-corrected chi connectivity index (χ0v) is 15.7. The van der Waals surface area contributed by atoms with Crippen molar-refractivity contribution in [2.45, 2.75) is 57.4 Å². The summed E-state index contributed by atoms with van der Waals surface area (Å²) in [6, 6.07) is 7.90. The highest BCUT2D eigenvalue weighted by atomic mass is 127. The van der Waals surface area contributed by atoms with Gasteiger partial charge in [0.1, 0.15) is 6.04 Å². The molecule has 0 fully saturated rings. The minimum Gasteiger partial charge on any atom is -0.480 e. The first-order valence-electron chi connectivity index (χ1n) is 7.73. The number of carboxylic acid groups (broad SMARTS) is 1. The van der Waals surface area contributed by atoms with Gasteiger partial charge in [-0.05, 0) is 83.7 Å². The van der Waals surface area contributed by atoms with E-state index < -0.39 is 12.0 Å². The van der Waals surface area contributed by atoms with Crippen LogP contribution in [0.4, 0.5) is 0 Å². The van der Waals surface area contributed by atoms with E-state index >= 15 is 0 Å². The quantitative estimate of drug-likeness (QED) is 0.310. The van der Waals surface area contributed by atoms with E-state index in [-0.39, 0.29) is 0 Å². The number of thiocarbonyl (C=S) groups is 1. The third-order valence-electron chi connectivity index (χ3n) is 3.62. The van der Waals surface area contributed by atoms with Crippen LogP contribution in [0.2, 0.25) is 0 Å². The SMILES string of the molecule is NC(CCCCCC(=S)CCCc1ccc(I)cc1)C(=O)O. The average Bonchev–Trinajstić information content (AvgIpc) is 2.48. The number of halogens is 1. The Bertz CT molecular complexity index is 476. The first-order valence-corrected chi connectivity index (χ1v) is 9.22. The Morgan fingerprint density at radius 1 is 1.14 bits per heavy atom. The van der Waals surface area contributed by atoms with E-state index in [4.69, 9.17) is 23.1 Å². The third-order valence-corrected chi connectivity index (χ3v) is 4.75. The van der Waals surface area contributed by atoms with E-state index in [1.54, 1.807) is 0 Å². The molecule has 0 radical (unpaired) electrons. The molecule has 1 unspecified atom stereocenters. The van der Waals surface area contributed by atoms with E-state index in [0.717, 1.165) is 49.8 Å². The topological polar surface area (TPSA) is 63.3 Å². The van der Waals surface area contributed by atoms with Crippen molar-refractivity contribution >= 4 is 45.6 Å². The van der Waals surface area contributed by atoms with Gasteiger partial charge in [-0.15, -0.1) is 0 Å². The number of aliphatic carboxylic acids is 1. The number of hydrogen-bond donors (Lipinski definition) is 2. The van der Waals surface area contributed by atoms with Crippen LogP contribution in [0.1, 0.15) is 50.5 Å². The molecule has 0 aliphatic rings. The van der Waals surface area contributed by atoms with Crippen molar-refractivity contribution in [3.05, 3.63) is 33.4 Å². The first kappa shape index (κ1) is 19.5. The molecule has 3 nitrogen and oxygen atoms in total. The summed E-state index contributed by atoms with van der Waals surface area (Å²) in [7, 11) is 0. The maximum absolute atomic E-state index is 10.6. The Kier molecular flexibility index (Phi) is 9.82. The number of carboxylic acids is 1. The molecule has 0 aliphatic carbocycles. The molecule has 0 amide bonds. The van der Waals surface area contributed by atoms with Crippen molar-refractivity contribution in [3.8, 4) is 0 Å². The van der Waals surface area contributed by atoms with Gasteiger partial charge in [-0.2, -0.15) is 0 Å². The molecule has 22 heavy (non-hydrogen) atoms. The predicted molar refractivity (Wildman–Crippen MR) is 103 cm³/mol. The van der Waals surface area contributed by atoms with E-state index in [2.05, 4.69) is 46.9 Å². The first-order chi connectivity index (χ1) is 10.5. The van der Waals surface area contributed by atoms with Gasteiger partial charge in [0.2, 0.25) is 0 Å². The summed E-state index contributed by atoms with van der Waals surface area (Å²) >= 11 is 7.73.